The second-order valence-electron chi connectivity index (χ2n) is 5.28. The van der Waals surface area contributed by atoms with Crippen LogP contribution in [0.4, 0.5) is 0 Å². The van der Waals surface area contributed by atoms with E-state index in [1.54, 1.807) is 0 Å². The predicted molar refractivity (Wildman–Crippen MR) is 99.9 cm³/mol. The van der Waals surface area contributed by atoms with Crippen molar-refractivity contribution in [2.45, 2.75) is 13.3 Å². The van der Waals surface area contributed by atoms with Crippen LogP contribution in [-0.4, -0.2) is 0 Å². The van der Waals surface area contributed by atoms with Gasteiger partial charge in [0.15, 0.2) is 0 Å². The predicted octanol–water partition coefficient (Wildman–Crippen LogP) is -1.19. The van der Waals surface area contributed by atoms with Gasteiger partial charge in [0.1, 0.15) is 0 Å². The van der Waals surface area contributed by atoms with Crippen LogP contribution >= 0.6 is 8.58 Å². The first-order valence-electron chi connectivity index (χ1n) is 7.53. The first kappa shape index (κ1) is 23.5. The summed E-state index contributed by atoms with van der Waals surface area (Å²) in [5.74, 6) is 0. The third-order valence-electron chi connectivity index (χ3n) is 3.63. The van der Waals surface area contributed by atoms with Crippen LogP contribution in [0, 0.1) is 13.0 Å². The summed E-state index contributed by atoms with van der Waals surface area (Å²) in [5, 5.41) is 5.68. The molecule has 126 valence electrons. The van der Waals surface area contributed by atoms with Gasteiger partial charge in [-0.25, -0.2) is 12.2 Å². The molecule has 4 rings (SSSR count). The van der Waals surface area contributed by atoms with Crippen molar-refractivity contribution in [3.63, 3.8) is 0 Å². The summed E-state index contributed by atoms with van der Waals surface area (Å²) < 4.78 is 0. The molecule has 25 heavy (non-hydrogen) atoms. The zero-order chi connectivity index (χ0) is 15.2. The van der Waals surface area contributed by atoms with E-state index in [9.17, 15) is 0 Å². The minimum Gasteiger partial charge on any atom is -1.00 e. The molecule has 0 aliphatic heterocycles. The van der Waals surface area contributed by atoms with Crippen molar-refractivity contribution in [2.24, 2.45) is 0 Å². The molecule has 0 saturated heterocycles. The first-order chi connectivity index (χ1) is 10.8. The van der Waals surface area contributed by atoms with Crippen molar-refractivity contribution in [3.8, 4) is 0 Å². The summed E-state index contributed by atoms with van der Waals surface area (Å²) in [6.45, 7) is 2.21. The maximum atomic E-state index is 2.99. The van der Waals surface area contributed by atoms with Gasteiger partial charge in [0, 0.05) is 0 Å². The third kappa shape index (κ3) is 6.40. The van der Waals surface area contributed by atoms with Crippen LogP contribution in [-0.2, 0) is 21.7 Å². The monoisotopic (exact) mass is 388 g/mol. The fourth-order valence-electron chi connectivity index (χ4n) is 2.54. The Labute approximate surface area is 164 Å². The molecule has 0 heterocycles. The summed E-state index contributed by atoms with van der Waals surface area (Å²) >= 11 is 0. The quantitative estimate of drug-likeness (QED) is 0.294. The van der Waals surface area contributed by atoms with Gasteiger partial charge in [-0.05, 0) is 5.30 Å². The Morgan fingerprint density at radius 2 is 1.64 bits per heavy atom. The Morgan fingerprint density at radius 1 is 0.960 bits per heavy atom. The average Bonchev–Trinajstić information content (AvgIpc) is 3.22. The number of halogens is 2. The molecular formula is C21H19F2PTi. The fourth-order valence-corrected chi connectivity index (χ4v) is 3.82. The van der Waals surface area contributed by atoms with Crippen molar-refractivity contribution in [1.82, 2.24) is 0 Å². The number of aryl methyl sites for hydroxylation is 1. The van der Waals surface area contributed by atoms with E-state index < -0.39 is 0 Å². The van der Waals surface area contributed by atoms with Crippen LogP contribution in [0.15, 0.2) is 78.9 Å². The van der Waals surface area contributed by atoms with Crippen LogP contribution in [0.25, 0.3) is 10.8 Å². The van der Waals surface area contributed by atoms with Crippen LogP contribution in [0.1, 0.15) is 12.0 Å². The van der Waals surface area contributed by atoms with E-state index >= 15 is 0 Å². The summed E-state index contributed by atoms with van der Waals surface area (Å²) in [6, 6.07) is 21.7. The van der Waals surface area contributed by atoms with Crippen molar-refractivity contribution >= 4 is 30.0 Å². The fraction of sp³-hybridized carbons (Fsp3) is 0.0952. The molecule has 1 aliphatic rings. The van der Waals surface area contributed by atoms with E-state index in [0.29, 0.717) is 0 Å². The molecule has 1 atom stereocenters. The first-order valence-corrected chi connectivity index (χ1v) is 8.53. The van der Waals surface area contributed by atoms with Crippen molar-refractivity contribution in [2.75, 3.05) is 0 Å². The van der Waals surface area contributed by atoms with E-state index in [0.717, 1.165) is 15.0 Å². The number of benzene rings is 2. The van der Waals surface area contributed by atoms with Crippen LogP contribution in [0.2, 0.25) is 0 Å². The zero-order valence-electron chi connectivity index (χ0n) is 14.0. The SMILES string of the molecule is Cc1[cH-]c2ccccc2c1Pc1ccccc1.[C-]1=CC=CC1.[F-].[F-].[Ti+4]. The number of fused-ring (bicyclic) bond motifs is 1. The average molecular weight is 388 g/mol. The molecule has 4 heteroatoms. The molecule has 0 aromatic heterocycles. The molecule has 0 amide bonds. The van der Waals surface area contributed by atoms with Gasteiger partial charge in [-0.2, -0.15) is 6.08 Å². The number of hydrogen-bond donors (Lipinski definition) is 0. The maximum Gasteiger partial charge on any atom is 4.00 e. The maximum absolute atomic E-state index is 2.99. The normalized spacial score (nSPS) is 11.4. The van der Waals surface area contributed by atoms with Gasteiger partial charge in [-0.1, -0.05) is 43.3 Å². The summed E-state index contributed by atoms with van der Waals surface area (Å²) in [6.07, 6.45) is 10.0. The van der Waals surface area contributed by atoms with E-state index in [2.05, 4.69) is 79.7 Å². The van der Waals surface area contributed by atoms with Crippen LogP contribution in [0.3, 0.4) is 0 Å². The smallest absolute Gasteiger partial charge is 1.00 e. The topological polar surface area (TPSA) is 0 Å². The van der Waals surface area contributed by atoms with Gasteiger partial charge in [0.25, 0.3) is 0 Å². The van der Waals surface area contributed by atoms with Gasteiger partial charge in [-0.15, -0.1) is 60.9 Å². The molecule has 3 aromatic rings. The van der Waals surface area contributed by atoms with Crippen molar-refractivity contribution < 1.29 is 31.1 Å². The van der Waals surface area contributed by atoms with Crippen LogP contribution < -0.4 is 20.0 Å². The molecule has 1 aliphatic carbocycles. The number of allylic oxidation sites excluding steroid dienone is 4. The number of rotatable bonds is 2. The molecule has 0 spiro atoms. The minimum atomic E-state index is 0. The zero-order valence-corrected chi connectivity index (χ0v) is 16.5. The summed E-state index contributed by atoms with van der Waals surface area (Å²) in [4.78, 5) is 0. The molecule has 0 fully saturated rings. The van der Waals surface area contributed by atoms with Gasteiger partial charge in [-0.3, -0.25) is 6.08 Å². The van der Waals surface area contributed by atoms with E-state index in [1.165, 1.54) is 26.9 Å². The van der Waals surface area contributed by atoms with Crippen molar-refractivity contribution in [1.29, 1.82) is 0 Å². The largest absolute Gasteiger partial charge is 4.00 e. The molecule has 0 radical (unpaired) electrons. The van der Waals surface area contributed by atoms with Crippen LogP contribution in [0.5, 0.6) is 0 Å². The molecule has 0 saturated carbocycles. The van der Waals surface area contributed by atoms with E-state index in [1.807, 2.05) is 12.2 Å². The molecular weight excluding hydrogens is 369 g/mol. The van der Waals surface area contributed by atoms with Gasteiger partial charge < -0.3 is 9.41 Å². The molecule has 0 N–H and O–H groups in total. The van der Waals surface area contributed by atoms with Crippen molar-refractivity contribution in [3.05, 3.63) is 90.5 Å². The van der Waals surface area contributed by atoms with Gasteiger partial charge in [0.05, 0.1) is 0 Å². The van der Waals surface area contributed by atoms with Gasteiger partial charge >= 0.3 is 21.7 Å². The molecule has 0 bridgehead atoms. The Bertz CT molecular complexity index is 797. The second-order valence-corrected chi connectivity index (χ2v) is 6.61. The third-order valence-corrected chi connectivity index (χ3v) is 5.16. The number of hydrogen-bond acceptors (Lipinski definition) is 0. The standard InChI is InChI=1S/C16H14P.C5H5.2FH.Ti/c1-12-11-13-7-5-6-10-15(13)16(12)17-14-8-3-2-4-9-14;1-2-4-5-3-1;;;/h2-11,17H,1H3;1-3H,4H2;2*1H;/q2*-1;;;+4/p-2. The van der Waals surface area contributed by atoms with E-state index in [4.69, 9.17) is 0 Å². The molecule has 3 aromatic carbocycles. The molecule has 1 unspecified atom stereocenters. The molecule has 0 nitrogen and oxygen atoms in total. The Balaban J connectivity index is 0.000000630. The Morgan fingerprint density at radius 3 is 2.24 bits per heavy atom. The van der Waals surface area contributed by atoms with Gasteiger partial charge in [0.2, 0.25) is 0 Å². The van der Waals surface area contributed by atoms with E-state index in [-0.39, 0.29) is 31.1 Å². The second kappa shape index (κ2) is 12.0. The minimum absolute atomic E-state index is 0. The Kier molecular flexibility index (Phi) is 11.3. The summed E-state index contributed by atoms with van der Waals surface area (Å²) in [7, 11) is 0.754. The Hall–Kier alpha value is -1.47. The summed E-state index contributed by atoms with van der Waals surface area (Å²) in [5.41, 5.74) is 1.41.